The van der Waals surface area contributed by atoms with Crippen molar-refractivity contribution in [3.8, 4) is 0 Å². The standard InChI is InChI=1S/C17H31N5O/c18-16(13-23-12-15-9-5-2-6-10-15)17-19-20-21-22(17)11-14-7-3-1-4-8-14/h14-16H,1-13,18H2/p+1/t16-/m1/s1. The van der Waals surface area contributed by atoms with E-state index in [9.17, 15) is 0 Å². The molecule has 2 aliphatic rings. The number of nitrogens with zero attached hydrogens (tertiary/aromatic N) is 3. The maximum Gasteiger partial charge on any atom is 0.319 e. The molecule has 3 N–H and O–H groups in total. The molecule has 0 aromatic carbocycles. The molecule has 2 fully saturated rings. The zero-order valence-electron chi connectivity index (χ0n) is 14.3. The van der Waals surface area contributed by atoms with E-state index in [1.807, 2.05) is 4.68 Å². The van der Waals surface area contributed by atoms with E-state index < -0.39 is 0 Å². The molecule has 0 amide bonds. The summed E-state index contributed by atoms with van der Waals surface area (Å²) in [6.07, 6.45) is 13.4. The van der Waals surface area contributed by atoms with E-state index in [0.717, 1.165) is 30.8 Å². The molecule has 0 aliphatic heterocycles. The van der Waals surface area contributed by atoms with Crippen molar-refractivity contribution < 1.29 is 9.42 Å². The van der Waals surface area contributed by atoms with E-state index in [1.165, 1.54) is 64.2 Å². The van der Waals surface area contributed by atoms with Crippen LogP contribution < -0.4 is 10.4 Å². The smallest absolute Gasteiger partial charge is 0.319 e. The van der Waals surface area contributed by atoms with Gasteiger partial charge < -0.3 is 10.5 Å². The van der Waals surface area contributed by atoms with Crippen LogP contribution in [0.3, 0.4) is 0 Å². The van der Waals surface area contributed by atoms with Crippen LogP contribution in [0.25, 0.3) is 0 Å². The number of nitrogens with one attached hydrogen (secondary N) is 1. The summed E-state index contributed by atoms with van der Waals surface area (Å²) in [5.74, 6) is 2.28. The maximum atomic E-state index is 6.29. The molecule has 1 aromatic heterocycles. The van der Waals surface area contributed by atoms with Crippen LogP contribution in [0.4, 0.5) is 0 Å². The van der Waals surface area contributed by atoms with E-state index in [2.05, 4.69) is 15.5 Å². The number of hydrogen-bond acceptors (Lipinski definition) is 4. The highest BCUT2D eigenvalue weighted by Gasteiger charge is 2.26. The Morgan fingerprint density at radius 2 is 1.70 bits per heavy atom. The van der Waals surface area contributed by atoms with Gasteiger partial charge in [-0.3, -0.25) is 0 Å². The second-order valence-corrected chi connectivity index (χ2v) is 7.42. The summed E-state index contributed by atoms with van der Waals surface area (Å²) in [5, 5.41) is 11.2. The molecular formula is C17H32N5O+. The molecule has 1 heterocycles. The highest BCUT2D eigenvalue weighted by atomic mass is 16.5. The van der Waals surface area contributed by atoms with Crippen molar-refractivity contribution in [2.75, 3.05) is 13.2 Å². The number of hydrogen-bond donors (Lipinski definition) is 2. The highest BCUT2D eigenvalue weighted by Crippen LogP contribution is 2.24. The van der Waals surface area contributed by atoms with Gasteiger partial charge in [-0.2, -0.15) is 4.68 Å². The van der Waals surface area contributed by atoms with Crippen molar-refractivity contribution in [1.82, 2.24) is 15.5 Å². The molecule has 2 aliphatic carbocycles. The van der Waals surface area contributed by atoms with Crippen LogP contribution in [0.5, 0.6) is 0 Å². The van der Waals surface area contributed by atoms with Crippen molar-refractivity contribution in [1.29, 1.82) is 0 Å². The molecule has 0 radical (unpaired) electrons. The fourth-order valence-corrected chi connectivity index (χ4v) is 4.06. The van der Waals surface area contributed by atoms with Crippen LogP contribution in [0.15, 0.2) is 0 Å². The molecule has 2 saturated carbocycles. The molecule has 1 aromatic rings. The quantitative estimate of drug-likeness (QED) is 0.755. The van der Waals surface area contributed by atoms with Crippen LogP contribution in [-0.4, -0.2) is 28.7 Å². The van der Waals surface area contributed by atoms with Crippen molar-refractivity contribution in [3.63, 3.8) is 0 Å². The molecule has 6 nitrogen and oxygen atoms in total. The third kappa shape index (κ3) is 4.98. The second kappa shape index (κ2) is 8.73. The third-order valence-corrected chi connectivity index (χ3v) is 5.47. The first-order valence-electron chi connectivity index (χ1n) is 9.47. The van der Waals surface area contributed by atoms with Crippen LogP contribution in [0.1, 0.15) is 76.1 Å². The van der Waals surface area contributed by atoms with Crippen molar-refractivity contribution >= 4 is 0 Å². The Bertz CT molecular complexity index is 452. The average Bonchev–Trinajstić information content (AvgIpc) is 3.05. The number of rotatable bonds is 7. The van der Waals surface area contributed by atoms with E-state index in [4.69, 9.17) is 10.5 Å². The first kappa shape index (κ1) is 16.8. The van der Waals surface area contributed by atoms with Crippen molar-refractivity contribution in [2.45, 2.75) is 76.8 Å². The molecule has 1 atom stereocenters. The third-order valence-electron chi connectivity index (χ3n) is 5.47. The molecule has 130 valence electrons. The van der Waals surface area contributed by atoms with Crippen LogP contribution in [-0.2, 0) is 11.3 Å². The topological polar surface area (TPSA) is 80.7 Å². The molecular weight excluding hydrogens is 290 g/mol. The number of H-pyrrole nitrogens is 1. The first-order valence-corrected chi connectivity index (χ1v) is 9.47. The summed E-state index contributed by atoms with van der Waals surface area (Å²) >= 11 is 0. The lowest BCUT2D eigenvalue weighted by Gasteiger charge is -2.22. The molecule has 0 bridgehead atoms. The van der Waals surface area contributed by atoms with Crippen LogP contribution in [0, 0.1) is 11.8 Å². The molecule has 6 heteroatoms. The van der Waals surface area contributed by atoms with Gasteiger partial charge in [0.15, 0.2) is 5.21 Å². The van der Waals surface area contributed by atoms with E-state index in [-0.39, 0.29) is 6.04 Å². The van der Waals surface area contributed by atoms with Gasteiger partial charge in [-0.25, -0.2) is 0 Å². The average molecular weight is 322 g/mol. The SMILES string of the molecule is N[C@H](COCC1CCCCC1)c1nn[nH][n+]1CC1CCCCC1. The van der Waals surface area contributed by atoms with E-state index >= 15 is 0 Å². The molecule has 3 rings (SSSR count). The highest BCUT2D eigenvalue weighted by molar-refractivity contribution is 4.81. The zero-order chi connectivity index (χ0) is 15.9. The van der Waals surface area contributed by atoms with Crippen molar-refractivity contribution in [2.24, 2.45) is 17.6 Å². The zero-order valence-corrected chi connectivity index (χ0v) is 14.3. The number of tetrazole rings is 1. The number of aromatic nitrogens is 4. The summed E-state index contributed by atoms with van der Waals surface area (Å²) in [6, 6.07) is -0.194. The van der Waals surface area contributed by atoms with E-state index in [0.29, 0.717) is 6.61 Å². The van der Waals surface area contributed by atoms with Gasteiger partial charge in [-0.15, -0.1) is 0 Å². The maximum absolute atomic E-state index is 6.29. The fourth-order valence-electron chi connectivity index (χ4n) is 4.06. The van der Waals surface area contributed by atoms with Crippen LogP contribution in [0.2, 0.25) is 0 Å². The molecule has 0 saturated heterocycles. The van der Waals surface area contributed by atoms with Gasteiger partial charge in [0, 0.05) is 6.61 Å². The lowest BCUT2D eigenvalue weighted by atomic mass is 9.89. The number of ether oxygens (including phenoxy) is 1. The Hall–Kier alpha value is -1.01. The Morgan fingerprint density at radius 3 is 2.39 bits per heavy atom. The number of aromatic amines is 1. The van der Waals surface area contributed by atoms with Gasteiger partial charge >= 0.3 is 5.82 Å². The lowest BCUT2D eigenvalue weighted by Crippen LogP contribution is -2.46. The summed E-state index contributed by atoms with van der Waals surface area (Å²) in [6.45, 7) is 2.33. The summed E-state index contributed by atoms with van der Waals surface area (Å²) < 4.78 is 7.92. The fraction of sp³-hybridized carbons (Fsp3) is 0.941. The Labute approximate surface area is 139 Å². The van der Waals surface area contributed by atoms with Crippen molar-refractivity contribution in [3.05, 3.63) is 5.82 Å². The van der Waals surface area contributed by atoms with Gasteiger partial charge in [0.2, 0.25) is 0 Å². The Balaban J connectivity index is 1.45. The minimum Gasteiger partial charge on any atom is -0.379 e. The normalized spacial score (nSPS) is 22.3. The minimum absolute atomic E-state index is 0.194. The molecule has 23 heavy (non-hydrogen) atoms. The van der Waals surface area contributed by atoms with Gasteiger partial charge in [-0.05, 0) is 37.5 Å². The Kier molecular flexibility index (Phi) is 6.39. The van der Waals surface area contributed by atoms with Gasteiger partial charge in [0.25, 0.3) is 0 Å². The Morgan fingerprint density at radius 1 is 1.04 bits per heavy atom. The van der Waals surface area contributed by atoms with Gasteiger partial charge in [-0.1, -0.05) is 43.7 Å². The first-order chi connectivity index (χ1) is 11.3. The lowest BCUT2D eigenvalue weighted by molar-refractivity contribution is -0.767. The number of nitrogens with two attached hydrogens (primary N) is 1. The largest absolute Gasteiger partial charge is 0.379 e. The monoisotopic (exact) mass is 322 g/mol. The van der Waals surface area contributed by atoms with Crippen LogP contribution >= 0.6 is 0 Å². The van der Waals surface area contributed by atoms with E-state index in [1.54, 1.807) is 0 Å². The molecule has 0 unspecified atom stereocenters. The summed E-state index contributed by atoms with van der Waals surface area (Å²) in [4.78, 5) is 0. The second-order valence-electron chi connectivity index (χ2n) is 7.42. The summed E-state index contributed by atoms with van der Waals surface area (Å²) in [5.41, 5.74) is 6.29. The predicted molar refractivity (Wildman–Crippen MR) is 87.5 cm³/mol. The predicted octanol–water partition coefficient (Wildman–Crippen LogP) is 2.27. The molecule has 0 spiro atoms. The minimum atomic E-state index is -0.194. The van der Waals surface area contributed by atoms with Gasteiger partial charge in [0.1, 0.15) is 11.1 Å². The summed E-state index contributed by atoms with van der Waals surface area (Å²) in [7, 11) is 0. The van der Waals surface area contributed by atoms with Gasteiger partial charge in [0.05, 0.1) is 13.2 Å².